The third kappa shape index (κ3) is 2.50. The van der Waals surface area contributed by atoms with Gasteiger partial charge in [0.1, 0.15) is 5.75 Å². The Morgan fingerprint density at radius 2 is 1.94 bits per heavy atom. The molecule has 98 valence electrons. The normalized spacial score (nSPS) is 15.2. The average molecular weight is 247 g/mol. The van der Waals surface area contributed by atoms with E-state index in [2.05, 4.69) is 4.90 Å². The van der Waals surface area contributed by atoms with Crippen molar-refractivity contribution in [1.82, 2.24) is 0 Å². The fraction of sp³-hybridized carbons (Fsp3) is 0.533. The lowest BCUT2D eigenvalue weighted by Crippen LogP contribution is -2.19. The van der Waals surface area contributed by atoms with E-state index in [0.717, 1.165) is 30.1 Å². The fourth-order valence-corrected chi connectivity index (χ4v) is 2.38. The van der Waals surface area contributed by atoms with Crippen molar-refractivity contribution in [3.05, 3.63) is 23.8 Å². The quantitative estimate of drug-likeness (QED) is 0.766. The maximum absolute atomic E-state index is 12.1. The molecule has 0 aromatic heterocycles. The summed E-state index contributed by atoms with van der Waals surface area (Å²) in [4.78, 5) is 14.4. The van der Waals surface area contributed by atoms with E-state index in [1.165, 1.54) is 12.8 Å². The van der Waals surface area contributed by atoms with Gasteiger partial charge in [-0.3, -0.25) is 4.79 Å². The smallest absolute Gasteiger partial charge is 0.165 e. The minimum absolute atomic E-state index is 0.0322. The summed E-state index contributed by atoms with van der Waals surface area (Å²) in [6.45, 7) is 5.97. The lowest BCUT2D eigenvalue weighted by Gasteiger charge is -2.21. The highest BCUT2D eigenvalue weighted by molar-refractivity contribution is 5.98. The van der Waals surface area contributed by atoms with Gasteiger partial charge >= 0.3 is 0 Å². The molecule has 0 atom stereocenters. The molecule has 0 spiro atoms. The second-order valence-electron chi connectivity index (χ2n) is 5.10. The molecule has 0 bridgehead atoms. The number of anilines is 1. The Balaban J connectivity index is 2.35. The van der Waals surface area contributed by atoms with Crippen LogP contribution in [-0.4, -0.2) is 26.0 Å². The van der Waals surface area contributed by atoms with Gasteiger partial charge in [0, 0.05) is 24.6 Å². The molecule has 3 nitrogen and oxygen atoms in total. The number of benzene rings is 1. The van der Waals surface area contributed by atoms with Crippen LogP contribution in [0.1, 0.15) is 37.0 Å². The molecule has 1 saturated heterocycles. The monoisotopic (exact) mass is 247 g/mol. The number of hydrogen-bond acceptors (Lipinski definition) is 3. The summed E-state index contributed by atoms with van der Waals surface area (Å²) in [5, 5.41) is 0. The van der Waals surface area contributed by atoms with E-state index in [4.69, 9.17) is 4.74 Å². The number of hydrogen-bond donors (Lipinski definition) is 0. The summed E-state index contributed by atoms with van der Waals surface area (Å²) < 4.78 is 5.40. The molecule has 0 radical (unpaired) electrons. The number of carbonyl (C=O) groups is 1. The van der Waals surface area contributed by atoms with Gasteiger partial charge in [-0.15, -0.1) is 0 Å². The average Bonchev–Trinajstić information content (AvgIpc) is 2.90. The number of nitrogens with zero attached hydrogens (tertiary/aromatic N) is 1. The molecule has 1 aliphatic rings. The highest BCUT2D eigenvalue weighted by Gasteiger charge is 2.19. The Bertz CT molecular complexity index is 434. The van der Waals surface area contributed by atoms with E-state index in [9.17, 15) is 4.79 Å². The first-order valence-corrected chi connectivity index (χ1v) is 6.60. The number of Topliss-reactive ketones (excluding diaryl/α,β-unsaturated/α-hetero) is 1. The Morgan fingerprint density at radius 1 is 1.28 bits per heavy atom. The van der Waals surface area contributed by atoms with Crippen LogP contribution in [0.4, 0.5) is 5.69 Å². The summed E-state index contributed by atoms with van der Waals surface area (Å²) in [6.07, 6.45) is 2.43. The molecule has 0 N–H and O–H groups in total. The summed E-state index contributed by atoms with van der Waals surface area (Å²) in [5.41, 5.74) is 1.84. The van der Waals surface area contributed by atoms with E-state index in [1.807, 2.05) is 32.0 Å². The van der Waals surface area contributed by atoms with E-state index in [0.29, 0.717) is 0 Å². The molecular formula is C15H21NO2. The predicted molar refractivity (Wildman–Crippen MR) is 73.6 cm³/mol. The zero-order valence-electron chi connectivity index (χ0n) is 11.4. The summed E-state index contributed by atoms with van der Waals surface area (Å²) in [7, 11) is 1.68. The first-order chi connectivity index (χ1) is 8.63. The SMILES string of the molecule is COc1ccc(C(=O)C(C)C)cc1N1CCCC1. The van der Waals surface area contributed by atoms with Crippen LogP contribution in [0.15, 0.2) is 18.2 Å². The van der Waals surface area contributed by atoms with Crippen LogP contribution in [0.2, 0.25) is 0 Å². The van der Waals surface area contributed by atoms with E-state index >= 15 is 0 Å². The number of ketones is 1. The lowest BCUT2D eigenvalue weighted by atomic mass is 10.0. The third-order valence-electron chi connectivity index (χ3n) is 3.43. The molecule has 1 aromatic carbocycles. The molecule has 2 rings (SSSR count). The summed E-state index contributed by atoms with van der Waals surface area (Å²) in [6, 6.07) is 5.75. The Hall–Kier alpha value is -1.51. The molecule has 0 unspecified atom stereocenters. The Kier molecular flexibility index (Phi) is 3.90. The van der Waals surface area contributed by atoms with Gasteiger partial charge in [0.2, 0.25) is 0 Å². The minimum atomic E-state index is 0.0322. The van der Waals surface area contributed by atoms with Crippen LogP contribution >= 0.6 is 0 Å². The first-order valence-electron chi connectivity index (χ1n) is 6.60. The molecule has 1 fully saturated rings. The maximum Gasteiger partial charge on any atom is 0.165 e. The molecule has 1 aromatic rings. The van der Waals surface area contributed by atoms with Crippen LogP contribution in [0.5, 0.6) is 5.75 Å². The maximum atomic E-state index is 12.1. The second kappa shape index (κ2) is 5.42. The second-order valence-corrected chi connectivity index (χ2v) is 5.10. The fourth-order valence-electron chi connectivity index (χ4n) is 2.38. The van der Waals surface area contributed by atoms with Gasteiger partial charge in [-0.25, -0.2) is 0 Å². The van der Waals surface area contributed by atoms with Crippen LogP contribution in [0.25, 0.3) is 0 Å². The van der Waals surface area contributed by atoms with Gasteiger partial charge in [0.25, 0.3) is 0 Å². The van der Waals surface area contributed by atoms with Crippen molar-refractivity contribution in [2.24, 2.45) is 5.92 Å². The van der Waals surface area contributed by atoms with Gasteiger partial charge in [-0.1, -0.05) is 13.8 Å². The van der Waals surface area contributed by atoms with Crippen molar-refractivity contribution in [3.8, 4) is 5.75 Å². The summed E-state index contributed by atoms with van der Waals surface area (Å²) in [5.74, 6) is 1.08. The lowest BCUT2D eigenvalue weighted by molar-refractivity contribution is 0.0939. The summed E-state index contributed by atoms with van der Waals surface area (Å²) >= 11 is 0. The molecular weight excluding hydrogens is 226 g/mol. The van der Waals surface area contributed by atoms with Crippen molar-refractivity contribution < 1.29 is 9.53 Å². The van der Waals surface area contributed by atoms with Crippen molar-refractivity contribution >= 4 is 11.5 Å². The molecule has 0 aliphatic carbocycles. The van der Waals surface area contributed by atoms with Gasteiger partial charge < -0.3 is 9.64 Å². The number of ether oxygens (including phenoxy) is 1. The number of carbonyl (C=O) groups excluding carboxylic acids is 1. The Labute approximate surface area is 109 Å². The highest BCUT2D eigenvalue weighted by atomic mass is 16.5. The minimum Gasteiger partial charge on any atom is -0.495 e. The van der Waals surface area contributed by atoms with Gasteiger partial charge in [-0.2, -0.15) is 0 Å². The van der Waals surface area contributed by atoms with E-state index in [1.54, 1.807) is 7.11 Å². The highest BCUT2D eigenvalue weighted by Crippen LogP contribution is 2.32. The molecule has 3 heteroatoms. The van der Waals surface area contributed by atoms with Gasteiger partial charge in [0.05, 0.1) is 12.8 Å². The topological polar surface area (TPSA) is 29.5 Å². The largest absolute Gasteiger partial charge is 0.495 e. The number of methoxy groups -OCH3 is 1. The van der Waals surface area contributed by atoms with Crippen LogP contribution < -0.4 is 9.64 Å². The van der Waals surface area contributed by atoms with Crippen molar-refractivity contribution in [3.63, 3.8) is 0 Å². The molecule has 0 saturated carbocycles. The molecule has 1 heterocycles. The van der Waals surface area contributed by atoms with E-state index < -0.39 is 0 Å². The number of rotatable bonds is 4. The van der Waals surface area contributed by atoms with Crippen LogP contribution in [0.3, 0.4) is 0 Å². The van der Waals surface area contributed by atoms with Crippen molar-refractivity contribution in [2.75, 3.05) is 25.1 Å². The van der Waals surface area contributed by atoms with Crippen molar-refractivity contribution in [1.29, 1.82) is 0 Å². The van der Waals surface area contributed by atoms with Crippen LogP contribution in [-0.2, 0) is 0 Å². The van der Waals surface area contributed by atoms with Gasteiger partial charge in [0.15, 0.2) is 5.78 Å². The zero-order valence-corrected chi connectivity index (χ0v) is 11.4. The Morgan fingerprint density at radius 3 is 2.50 bits per heavy atom. The third-order valence-corrected chi connectivity index (χ3v) is 3.43. The standard InChI is InChI=1S/C15H21NO2/c1-11(2)15(17)12-6-7-14(18-3)13(10-12)16-8-4-5-9-16/h6-7,10-11H,4-5,8-9H2,1-3H3. The van der Waals surface area contributed by atoms with Crippen molar-refractivity contribution in [2.45, 2.75) is 26.7 Å². The zero-order chi connectivity index (χ0) is 13.1. The van der Waals surface area contributed by atoms with E-state index in [-0.39, 0.29) is 11.7 Å². The van der Waals surface area contributed by atoms with Crippen LogP contribution in [0, 0.1) is 5.92 Å². The molecule has 18 heavy (non-hydrogen) atoms. The molecule has 0 amide bonds. The first kappa shape index (κ1) is 12.9. The molecule has 1 aliphatic heterocycles. The predicted octanol–water partition coefficient (Wildman–Crippen LogP) is 3.13. The van der Waals surface area contributed by atoms with Gasteiger partial charge in [-0.05, 0) is 31.0 Å².